The molecule has 0 radical (unpaired) electrons. The standard InChI is InChI=1S/C26H22ClN3O2/c1-32-21-13-9-18(10-14-21)25-22-23(17-7-11-19(27)12-8-17)28-15-16-29-24(22)26(31)30(25)20-5-3-2-4-6-20/h2-14,25,29H,15-16H2,1H3/t25-/m1/s1. The zero-order valence-electron chi connectivity index (χ0n) is 17.6. The van der Waals surface area contributed by atoms with E-state index >= 15 is 0 Å². The first-order chi connectivity index (χ1) is 15.7. The quantitative estimate of drug-likeness (QED) is 0.631. The molecule has 0 saturated heterocycles. The van der Waals surface area contributed by atoms with Crippen molar-refractivity contribution in [2.45, 2.75) is 6.04 Å². The summed E-state index contributed by atoms with van der Waals surface area (Å²) in [7, 11) is 1.64. The average Bonchev–Trinajstić information content (AvgIpc) is 2.97. The van der Waals surface area contributed by atoms with Crippen LogP contribution in [0.5, 0.6) is 5.75 Å². The van der Waals surface area contributed by atoms with Crippen LogP contribution in [0, 0.1) is 0 Å². The molecule has 32 heavy (non-hydrogen) atoms. The lowest BCUT2D eigenvalue weighted by Crippen LogP contribution is -2.33. The van der Waals surface area contributed by atoms with Crippen LogP contribution in [0.1, 0.15) is 17.2 Å². The number of rotatable bonds is 4. The largest absolute Gasteiger partial charge is 0.497 e. The van der Waals surface area contributed by atoms with Gasteiger partial charge >= 0.3 is 0 Å². The van der Waals surface area contributed by atoms with Gasteiger partial charge in [0, 0.05) is 28.4 Å². The Bertz CT molecular complexity index is 1200. The van der Waals surface area contributed by atoms with Crippen LogP contribution >= 0.6 is 11.6 Å². The molecule has 2 aliphatic heterocycles. The van der Waals surface area contributed by atoms with Crippen LogP contribution < -0.4 is 15.0 Å². The van der Waals surface area contributed by atoms with Crippen molar-refractivity contribution in [3.63, 3.8) is 0 Å². The van der Waals surface area contributed by atoms with E-state index in [-0.39, 0.29) is 11.9 Å². The van der Waals surface area contributed by atoms with E-state index in [9.17, 15) is 4.79 Å². The molecule has 5 nitrogen and oxygen atoms in total. The van der Waals surface area contributed by atoms with Crippen LogP contribution in [-0.2, 0) is 4.79 Å². The van der Waals surface area contributed by atoms with Crippen molar-refractivity contribution in [1.82, 2.24) is 5.32 Å². The van der Waals surface area contributed by atoms with Crippen molar-refractivity contribution >= 4 is 28.9 Å². The van der Waals surface area contributed by atoms with Gasteiger partial charge in [0.25, 0.3) is 5.91 Å². The SMILES string of the molecule is COc1ccc([C@@H]2C3=C(NCCN=C3c3ccc(Cl)cc3)C(=O)N2c2ccccc2)cc1. The van der Waals surface area contributed by atoms with E-state index in [0.29, 0.717) is 23.8 Å². The highest BCUT2D eigenvalue weighted by molar-refractivity contribution is 6.31. The number of carbonyl (C=O) groups excluding carboxylic acids is 1. The van der Waals surface area contributed by atoms with Gasteiger partial charge in [-0.05, 0) is 42.0 Å². The molecule has 1 N–H and O–H groups in total. The van der Waals surface area contributed by atoms with Crippen molar-refractivity contribution < 1.29 is 9.53 Å². The molecule has 0 saturated carbocycles. The Morgan fingerprint density at radius 3 is 2.41 bits per heavy atom. The topological polar surface area (TPSA) is 53.9 Å². The van der Waals surface area contributed by atoms with Crippen LogP contribution in [-0.4, -0.2) is 31.8 Å². The molecule has 160 valence electrons. The molecule has 0 unspecified atom stereocenters. The minimum atomic E-state index is -0.328. The maximum atomic E-state index is 13.7. The van der Waals surface area contributed by atoms with E-state index in [0.717, 1.165) is 33.8 Å². The van der Waals surface area contributed by atoms with Gasteiger partial charge in [0.2, 0.25) is 0 Å². The lowest BCUT2D eigenvalue weighted by atomic mass is 9.91. The first kappa shape index (κ1) is 20.3. The fourth-order valence-electron chi connectivity index (χ4n) is 4.28. The highest BCUT2D eigenvalue weighted by Gasteiger charge is 2.43. The number of methoxy groups -OCH3 is 1. The molecule has 6 heteroatoms. The fourth-order valence-corrected chi connectivity index (χ4v) is 4.41. The molecule has 1 amide bonds. The molecule has 3 aromatic carbocycles. The zero-order chi connectivity index (χ0) is 22.1. The molecule has 2 heterocycles. The molecule has 5 rings (SSSR count). The first-order valence-electron chi connectivity index (χ1n) is 10.5. The summed E-state index contributed by atoms with van der Waals surface area (Å²) in [5.74, 6) is 0.708. The Morgan fingerprint density at radius 2 is 1.72 bits per heavy atom. The number of ether oxygens (including phenoxy) is 1. The summed E-state index contributed by atoms with van der Waals surface area (Å²) in [6.07, 6.45) is 0. The van der Waals surface area contributed by atoms with Gasteiger partial charge in [-0.3, -0.25) is 14.7 Å². The van der Waals surface area contributed by atoms with Crippen LogP contribution in [0.3, 0.4) is 0 Å². The minimum absolute atomic E-state index is 0.0596. The monoisotopic (exact) mass is 443 g/mol. The maximum Gasteiger partial charge on any atom is 0.275 e. The van der Waals surface area contributed by atoms with E-state index in [1.807, 2.05) is 83.8 Å². The number of anilines is 1. The summed E-state index contributed by atoms with van der Waals surface area (Å²) in [6, 6.07) is 24.9. The van der Waals surface area contributed by atoms with Crippen LogP contribution in [0.2, 0.25) is 5.02 Å². The fraction of sp³-hybridized carbons (Fsp3) is 0.154. The van der Waals surface area contributed by atoms with E-state index in [2.05, 4.69) is 5.32 Å². The Hall–Kier alpha value is -3.57. The summed E-state index contributed by atoms with van der Waals surface area (Å²) >= 11 is 6.14. The highest BCUT2D eigenvalue weighted by atomic mass is 35.5. The third-order valence-electron chi connectivity index (χ3n) is 5.76. The summed E-state index contributed by atoms with van der Waals surface area (Å²) in [5, 5.41) is 4.01. The molecule has 2 aliphatic rings. The van der Waals surface area contributed by atoms with Gasteiger partial charge in [-0.2, -0.15) is 0 Å². The number of hydrogen-bond donors (Lipinski definition) is 1. The number of amides is 1. The number of aliphatic imine (C=N–C) groups is 1. The second-order valence-electron chi connectivity index (χ2n) is 7.64. The summed E-state index contributed by atoms with van der Waals surface area (Å²) < 4.78 is 5.35. The first-order valence-corrected chi connectivity index (χ1v) is 10.9. The minimum Gasteiger partial charge on any atom is -0.497 e. The lowest BCUT2D eigenvalue weighted by molar-refractivity contribution is -0.115. The molecule has 0 fully saturated rings. The maximum absolute atomic E-state index is 13.7. The number of benzene rings is 3. The van der Waals surface area contributed by atoms with E-state index in [1.54, 1.807) is 7.11 Å². The van der Waals surface area contributed by atoms with Crippen molar-refractivity contribution in [2.75, 3.05) is 25.1 Å². The third kappa shape index (κ3) is 3.55. The molecule has 3 aromatic rings. The van der Waals surface area contributed by atoms with Crippen molar-refractivity contribution in [3.05, 3.63) is 106 Å². The van der Waals surface area contributed by atoms with E-state index < -0.39 is 0 Å². The van der Waals surface area contributed by atoms with Gasteiger partial charge in [0.1, 0.15) is 11.4 Å². The molecule has 1 atom stereocenters. The molecule has 0 aromatic heterocycles. The summed E-state index contributed by atoms with van der Waals surface area (Å²) in [6.45, 7) is 1.18. The Kier molecular flexibility index (Phi) is 5.41. The van der Waals surface area contributed by atoms with Crippen molar-refractivity contribution in [1.29, 1.82) is 0 Å². The predicted molar refractivity (Wildman–Crippen MR) is 128 cm³/mol. The van der Waals surface area contributed by atoms with Gasteiger partial charge in [0.15, 0.2) is 0 Å². The van der Waals surface area contributed by atoms with Gasteiger partial charge < -0.3 is 10.1 Å². The van der Waals surface area contributed by atoms with Gasteiger partial charge in [-0.1, -0.05) is 54.1 Å². The Labute approximate surface area is 192 Å². The highest BCUT2D eigenvalue weighted by Crippen LogP contribution is 2.43. The Balaban J connectivity index is 1.70. The average molecular weight is 444 g/mol. The molecular weight excluding hydrogens is 422 g/mol. The normalized spacial score (nSPS) is 18.1. The zero-order valence-corrected chi connectivity index (χ0v) is 18.3. The third-order valence-corrected chi connectivity index (χ3v) is 6.01. The van der Waals surface area contributed by atoms with Crippen LogP contribution in [0.15, 0.2) is 95.1 Å². The van der Waals surface area contributed by atoms with Crippen LogP contribution in [0.25, 0.3) is 0 Å². The molecular formula is C26H22ClN3O2. The number of nitrogens with one attached hydrogen (secondary N) is 1. The van der Waals surface area contributed by atoms with Gasteiger partial charge in [-0.25, -0.2) is 0 Å². The number of carbonyl (C=O) groups is 1. The smallest absolute Gasteiger partial charge is 0.275 e. The van der Waals surface area contributed by atoms with Crippen molar-refractivity contribution in [2.24, 2.45) is 4.99 Å². The summed E-state index contributed by atoms with van der Waals surface area (Å²) in [5.41, 5.74) is 5.05. The van der Waals surface area contributed by atoms with E-state index in [4.69, 9.17) is 21.3 Å². The second-order valence-corrected chi connectivity index (χ2v) is 8.08. The number of para-hydroxylation sites is 1. The lowest BCUT2D eigenvalue weighted by Gasteiger charge is -2.28. The summed E-state index contributed by atoms with van der Waals surface area (Å²) in [4.78, 5) is 20.5. The van der Waals surface area contributed by atoms with Crippen molar-refractivity contribution in [3.8, 4) is 5.75 Å². The molecule has 0 aliphatic carbocycles. The number of nitrogens with zero attached hydrogens (tertiary/aromatic N) is 2. The molecule has 0 bridgehead atoms. The van der Waals surface area contributed by atoms with E-state index in [1.165, 1.54) is 0 Å². The Morgan fingerprint density at radius 1 is 1.00 bits per heavy atom. The second kappa shape index (κ2) is 8.52. The predicted octanol–water partition coefficient (Wildman–Crippen LogP) is 4.78. The molecule has 0 spiro atoms. The van der Waals surface area contributed by atoms with Crippen LogP contribution in [0.4, 0.5) is 5.69 Å². The van der Waals surface area contributed by atoms with Gasteiger partial charge in [0.05, 0.1) is 25.4 Å². The number of halogens is 1. The van der Waals surface area contributed by atoms with Gasteiger partial charge in [-0.15, -0.1) is 0 Å². The number of hydrogen-bond acceptors (Lipinski definition) is 4.